The fourth-order valence-corrected chi connectivity index (χ4v) is 4.07. The number of carbonyl (C=O) groups excluding carboxylic acids is 1. The van der Waals surface area contributed by atoms with Crippen molar-refractivity contribution in [1.82, 2.24) is 10.2 Å². The zero-order valence-electron chi connectivity index (χ0n) is 17.1. The zero-order chi connectivity index (χ0) is 19.9. The van der Waals surface area contributed by atoms with Crippen LogP contribution in [0.3, 0.4) is 0 Å². The van der Waals surface area contributed by atoms with Crippen LogP contribution in [0.4, 0.5) is 5.69 Å². The summed E-state index contributed by atoms with van der Waals surface area (Å²) in [6.07, 6.45) is 3.95. The van der Waals surface area contributed by atoms with Gasteiger partial charge in [-0.05, 0) is 61.3 Å². The Hall–Kier alpha value is -2.37. The van der Waals surface area contributed by atoms with Gasteiger partial charge < -0.3 is 15.0 Å². The van der Waals surface area contributed by atoms with Crippen LogP contribution in [-0.2, 0) is 17.8 Å². The van der Waals surface area contributed by atoms with E-state index in [0.717, 1.165) is 44.0 Å². The van der Waals surface area contributed by atoms with Crippen LogP contribution in [-0.4, -0.2) is 50.2 Å². The maximum Gasteiger partial charge on any atom is 0.251 e. The van der Waals surface area contributed by atoms with E-state index in [1.54, 1.807) is 0 Å². The van der Waals surface area contributed by atoms with Gasteiger partial charge in [0.05, 0.1) is 13.2 Å². The van der Waals surface area contributed by atoms with Gasteiger partial charge in [-0.3, -0.25) is 9.69 Å². The highest BCUT2D eigenvalue weighted by molar-refractivity contribution is 5.94. The molecule has 4 rings (SSSR count). The molecule has 2 aromatic carbocycles. The van der Waals surface area contributed by atoms with Gasteiger partial charge in [0.1, 0.15) is 0 Å². The van der Waals surface area contributed by atoms with Crippen LogP contribution in [0.5, 0.6) is 0 Å². The van der Waals surface area contributed by atoms with E-state index in [0.29, 0.717) is 6.54 Å². The van der Waals surface area contributed by atoms with E-state index in [1.165, 1.54) is 43.6 Å². The Kier molecular flexibility index (Phi) is 6.80. The van der Waals surface area contributed by atoms with Crippen molar-refractivity contribution in [1.29, 1.82) is 0 Å². The highest BCUT2D eigenvalue weighted by atomic mass is 16.5. The number of ether oxygens (including phenoxy) is 1. The van der Waals surface area contributed by atoms with Crippen molar-refractivity contribution >= 4 is 11.6 Å². The van der Waals surface area contributed by atoms with Crippen molar-refractivity contribution in [2.45, 2.75) is 32.4 Å². The molecule has 0 bridgehead atoms. The van der Waals surface area contributed by atoms with Crippen LogP contribution < -0.4 is 10.2 Å². The highest BCUT2D eigenvalue weighted by Crippen LogP contribution is 2.17. The number of nitrogens with one attached hydrogen (secondary N) is 1. The molecule has 1 N–H and O–H groups in total. The van der Waals surface area contributed by atoms with E-state index < -0.39 is 0 Å². The van der Waals surface area contributed by atoms with Crippen LogP contribution in [0.25, 0.3) is 0 Å². The molecule has 29 heavy (non-hydrogen) atoms. The molecule has 0 radical (unpaired) electrons. The quantitative estimate of drug-likeness (QED) is 0.817. The minimum atomic E-state index is -0.0215. The molecule has 0 unspecified atom stereocenters. The van der Waals surface area contributed by atoms with E-state index in [9.17, 15) is 4.79 Å². The fraction of sp³-hybridized carbons (Fsp3) is 0.458. The third-order valence-electron chi connectivity index (χ3n) is 5.84. The summed E-state index contributed by atoms with van der Waals surface area (Å²) in [5.74, 6) is -0.0215. The molecule has 0 aliphatic carbocycles. The van der Waals surface area contributed by atoms with E-state index in [1.807, 2.05) is 12.1 Å². The Morgan fingerprint density at radius 1 is 0.828 bits per heavy atom. The largest absolute Gasteiger partial charge is 0.378 e. The molecule has 5 heteroatoms. The first-order valence-electron chi connectivity index (χ1n) is 10.8. The number of amides is 1. The monoisotopic (exact) mass is 393 g/mol. The summed E-state index contributed by atoms with van der Waals surface area (Å²) in [7, 11) is 0. The Morgan fingerprint density at radius 2 is 1.48 bits per heavy atom. The number of hydrogen-bond donors (Lipinski definition) is 1. The summed E-state index contributed by atoms with van der Waals surface area (Å²) in [5.41, 5.74) is 4.32. The molecule has 2 saturated heterocycles. The van der Waals surface area contributed by atoms with E-state index in [2.05, 4.69) is 51.5 Å². The Labute approximate surface area is 173 Å². The van der Waals surface area contributed by atoms with Gasteiger partial charge in [0.15, 0.2) is 0 Å². The third-order valence-corrected chi connectivity index (χ3v) is 5.84. The van der Waals surface area contributed by atoms with Crippen LogP contribution in [0.15, 0.2) is 48.5 Å². The van der Waals surface area contributed by atoms with Gasteiger partial charge >= 0.3 is 0 Å². The molecule has 0 saturated carbocycles. The maximum atomic E-state index is 12.5. The average molecular weight is 394 g/mol. The summed E-state index contributed by atoms with van der Waals surface area (Å²) in [4.78, 5) is 17.3. The third kappa shape index (κ3) is 5.58. The Balaban J connectivity index is 1.26. The van der Waals surface area contributed by atoms with E-state index >= 15 is 0 Å². The lowest BCUT2D eigenvalue weighted by atomic mass is 10.1. The number of rotatable bonds is 6. The first-order chi connectivity index (χ1) is 14.3. The molecule has 0 aromatic heterocycles. The van der Waals surface area contributed by atoms with Gasteiger partial charge in [0.2, 0.25) is 0 Å². The lowest BCUT2D eigenvalue weighted by Gasteiger charge is -2.28. The molecule has 2 aliphatic heterocycles. The van der Waals surface area contributed by atoms with Crippen LogP contribution in [0.2, 0.25) is 0 Å². The minimum absolute atomic E-state index is 0.0215. The molecule has 2 heterocycles. The number of nitrogens with zero attached hydrogens (tertiary/aromatic N) is 2. The molecule has 2 aliphatic rings. The standard InChI is InChI=1S/C24H31N3O2/c28-24(22-8-4-21(5-9-22)19-26-12-2-1-3-13-26)25-18-20-6-10-23(11-7-20)27-14-16-29-17-15-27/h4-11H,1-3,12-19H2,(H,25,28). The molecule has 154 valence electrons. The lowest BCUT2D eigenvalue weighted by molar-refractivity contribution is 0.0951. The predicted molar refractivity (Wildman–Crippen MR) is 116 cm³/mol. The molecular weight excluding hydrogens is 362 g/mol. The number of morpholine rings is 1. The smallest absolute Gasteiger partial charge is 0.251 e. The van der Waals surface area contributed by atoms with Gasteiger partial charge in [-0.1, -0.05) is 30.7 Å². The zero-order valence-corrected chi connectivity index (χ0v) is 17.1. The summed E-state index contributed by atoms with van der Waals surface area (Å²) in [6, 6.07) is 16.5. The van der Waals surface area contributed by atoms with Crippen LogP contribution >= 0.6 is 0 Å². The van der Waals surface area contributed by atoms with Gasteiger partial charge in [-0.2, -0.15) is 0 Å². The van der Waals surface area contributed by atoms with E-state index in [-0.39, 0.29) is 5.91 Å². The summed E-state index contributed by atoms with van der Waals surface area (Å²) >= 11 is 0. The van der Waals surface area contributed by atoms with Crippen LogP contribution in [0.1, 0.15) is 40.7 Å². The molecule has 5 nitrogen and oxygen atoms in total. The maximum absolute atomic E-state index is 12.5. The summed E-state index contributed by atoms with van der Waals surface area (Å²) < 4.78 is 5.41. The molecule has 0 atom stereocenters. The average Bonchev–Trinajstić information content (AvgIpc) is 2.80. The SMILES string of the molecule is O=C(NCc1ccc(N2CCOCC2)cc1)c1ccc(CN2CCCCC2)cc1. The number of benzene rings is 2. The normalized spacial score (nSPS) is 17.9. The molecular formula is C24H31N3O2. The van der Waals surface area contributed by atoms with Gasteiger partial charge in [0, 0.05) is 37.4 Å². The second-order valence-corrected chi connectivity index (χ2v) is 7.98. The van der Waals surface area contributed by atoms with Gasteiger partial charge in [-0.25, -0.2) is 0 Å². The lowest BCUT2D eigenvalue weighted by Crippen LogP contribution is -2.36. The molecule has 2 aromatic rings. The summed E-state index contributed by atoms with van der Waals surface area (Å²) in [6.45, 7) is 7.34. The molecule has 2 fully saturated rings. The van der Waals surface area contributed by atoms with E-state index in [4.69, 9.17) is 4.74 Å². The van der Waals surface area contributed by atoms with Crippen molar-refractivity contribution in [3.05, 3.63) is 65.2 Å². The fourth-order valence-electron chi connectivity index (χ4n) is 4.07. The second kappa shape index (κ2) is 9.90. The Morgan fingerprint density at radius 3 is 2.17 bits per heavy atom. The van der Waals surface area contributed by atoms with Gasteiger partial charge in [-0.15, -0.1) is 0 Å². The van der Waals surface area contributed by atoms with Crippen molar-refractivity contribution in [2.75, 3.05) is 44.3 Å². The second-order valence-electron chi connectivity index (χ2n) is 7.98. The number of piperidine rings is 1. The number of anilines is 1. The summed E-state index contributed by atoms with van der Waals surface area (Å²) in [5, 5.41) is 3.03. The van der Waals surface area contributed by atoms with Gasteiger partial charge in [0.25, 0.3) is 5.91 Å². The molecule has 0 spiro atoms. The van der Waals surface area contributed by atoms with Crippen molar-refractivity contribution < 1.29 is 9.53 Å². The highest BCUT2D eigenvalue weighted by Gasteiger charge is 2.12. The number of hydrogen-bond acceptors (Lipinski definition) is 4. The van der Waals surface area contributed by atoms with Crippen LogP contribution in [0, 0.1) is 0 Å². The number of likely N-dealkylation sites (tertiary alicyclic amines) is 1. The van der Waals surface area contributed by atoms with Crippen molar-refractivity contribution in [3.63, 3.8) is 0 Å². The first-order valence-corrected chi connectivity index (χ1v) is 10.8. The Bertz CT molecular complexity index is 777. The number of carbonyl (C=O) groups is 1. The topological polar surface area (TPSA) is 44.8 Å². The van der Waals surface area contributed by atoms with Crippen molar-refractivity contribution in [2.24, 2.45) is 0 Å². The first kappa shape index (κ1) is 19.9. The predicted octanol–water partition coefficient (Wildman–Crippen LogP) is 3.44. The van der Waals surface area contributed by atoms with Crippen molar-refractivity contribution in [3.8, 4) is 0 Å². The minimum Gasteiger partial charge on any atom is -0.378 e. The molecule has 1 amide bonds.